The second-order valence-corrected chi connectivity index (χ2v) is 7.26. The standard InChI is InChI=1S/C10H9F3N2O2.C10H10N2S/c11-10(12,13)9(17)15-7(8(14)16)6-4-2-1-3-5-6;1-7-12-9(10(11)13-7)8-5-3-2-4-6-8/h1-5,7H,(H2,14,16)(H,15,17);2-6H,11H2,1H3. The van der Waals surface area contributed by atoms with E-state index in [1.54, 1.807) is 6.07 Å². The average molecular weight is 436 g/mol. The van der Waals surface area contributed by atoms with Crippen LogP contribution in [0, 0.1) is 6.92 Å². The fraction of sp³-hybridized carbons (Fsp3) is 0.150. The quantitative estimate of drug-likeness (QED) is 0.580. The fourth-order valence-electron chi connectivity index (χ4n) is 2.42. The molecule has 0 aliphatic carbocycles. The van der Waals surface area contributed by atoms with E-state index in [9.17, 15) is 22.8 Å². The Morgan fingerprint density at radius 2 is 1.57 bits per heavy atom. The number of rotatable bonds is 4. The third-order valence-corrected chi connectivity index (χ3v) is 4.56. The molecule has 2 amide bonds. The number of alkyl halides is 3. The van der Waals surface area contributed by atoms with Gasteiger partial charge in [0.2, 0.25) is 5.91 Å². The van der Waals surface area contributed by atoms with E-state index < -0.39 is 24.0 Å². The van der Waals surface area contributed by atoms with Crippen molar-refractivity contribution in [3.05, 3.63) is 71.2 Å². The molecule has 0 spiro atoms. The van der Waals surface area contributed by atoms with E-state index in [-0.39, 0.29) is 5.56 Å². The van der Waals surface area contributed by atoms with Crippen LogP contribution in [0.3, 0.4) is 0 Å². The predicted molar refractivity (Wildman–Crippen MR) is 109 cm³/mol. The van der Waals surface area contributed by atoms with Gasteiger partial charge in [0, 0.05) is 5.56 Å². The molecule has 1 atom stereocenters. The molecule has 1 aromatic heterocycles. The van der Waals surface area contributed by atoms with E-state index >= 15 is 0 Å². The number of nitrogen functional groups attached to an aromatic ring is 1. The predicted octanol–water partition coefficient (Wildman–Crippen LogP) is 3.59. The molecule has 0 aliphatic rings. The Bertz CT molecular complexity index is 992. The van der Waals surface area contributed by atoms with Gasteiger partial charge in [-0.25, -0.2) is 4.98 Å². The van der Waals surface area contributed by atoms with Crippen LogP contribution in [0.1, 0.15) is 16.6 Å². The van der Waals surface area contributed by atoms with Crippen molar-refractivity contribution in [3.8, 4) is 11.3 Å². The van der Waals surface area contributed by atoms with Crippen molar-refractivity contribution in [2.45, 2.75) is 19.1 Å². The molecule has 3 aromatic rings. The van der Waals surface area contributed by atoms with Crippen molar-refractivity contribution in [2.75, 3.05) is 5.73 Å². The lowest BCUT2D eigenvalue weighted by atomic mass is 10.1. The molecule has 2 aromatic carbocycles. The van der Waals surface area contributed by atoms with E-state index in [4.69, 9.17) is 11.5 Å². The van der Waals surface area contributed by atoms with Crippen molar-refractivity contribution in [2.24, 2.45) is 5.73 Å². The van der Waals surface area contributed by atoms with Crippen molar-refractivity contribution < 1.29 is 22.8 Å². The molecule has 0 fully saturated rings. The van der Waals surface area contributed by atoms with Crippen molar-refractivity contribution in [1.29, 1.82) is 0 Å². The highest BCUT2D eigenvalue weighted by molar-refractivity contribution is 7.16. The lowest BCUT2D eigenvalue weighted by molar-refractivity contribution is -0.174. The lowest BCUT2D eigenvalue weighted by Crippen LogP contribution is -2.43. The monoisotopic (exact) mass is 436 g/mol. The molecule has 0 bridgehead atoms. The Balaban J connectivity index is 0.000000220. The maximum absolute atomic E-state index is 12.0. The molecule has 0 saturated carbocycles. The number of hydrogen-bond acceptors (Lipinski definition) is 5. The highest BCUT2D eigenvalue weighted by Gasteiger charge is 2.40. The fourth-order valence-corrected chi connectivity index (χ4v) is 3.14. The number of nitrogens with zero attached hydrogens (tertiary/aromatic N) is 1. The van der Waals surface area contributed by atoms with Gasteiger partial charge in [-0.3, -0.25) is 9.59 Å². The number of aromatic nitrogens is 1. The highest BCUT2D eigenvalue weighted by Crippen LogP contribution is 2.29. The Hall–Kier alpha value is -3.40. The second-order valence-electron chi connectivity index (χ2n) is 6.03. The van der Waals surface area contributed by atoms with Crippen molar-refractivity contribution in [1.82, 2.24) is 10.3 Å². The minimum Gasteiger partial charge on any atom is -0.389 e. The van der Waals surface area contributed by atoms with Gasteiger partial charge in [-0.15, -0.1) is 11.3 Å². The van der Waals surface area contributed by atoms with E-state index in [0.29, 0.717) is 0 Å². The molecular weight excluding hydrogens is 417 g/mol. The number of halogens is 3. The number of carbonyl (C=O) groups is 2. The molecule has 6 nitrogen and oxygen atoms in total. The number of hydrogen-bond donors (Lipinski definition) is 3. The summed E-state index contributed by atoms with van der Waals surface area (Å²) in [5.74, 6) is -3.26. The van der Waals surface area contributed by atoms with Crippen LogP contribution in [0.15, 0.2) is 60.7 Å². The number of thiazole rings is 1. The maximum atomic E-state index is 12.0. The van der Waals surface area contributed by atoms with E-state index in [0.717, 1.165) is 21.3 Å². The zero-order valence-electron chi connectivity index (χ0n) is 15.8. The van der Waals surface area contributed by atoms with Gasteiger partial charge >= 0.3 is 12.1 Å². The summed E-state index contributed by atoms with van der Waals surface area (Å²) in [7, 11) is 0. The maximum Gasteiger partial charge on any atom is 0.471 e. The van der Waals surface area contributed by atoms with Crippen LogP contribution in [0.4, 0.5) is 18.2 Å². The second kappa shape index (κ2) is 9.88. The third kappa shape index (κ3) is 6.31. The van der Waals surface area contributed by atoms with Crippen LogP contribution in [0.25, 0.3) is 11.3 Å². The van der Waals surface area contributed by atoms with Crippen LogP contribution >= 0.6 is 11.3 Å². The summed E-state index contributed by atoms with van der Waals surface area (Å²) < 4.78 is 36.1. The zero-order chi connectivity index (χ0) is 22.3. The van der Waals surface area contributed by atoms with Gasteiger partial charge in [0.25, 0.3) is 0 Å². The first-order valence-electron chi connectivity index (χ1n) is 8.60. The molecule has 10 heteroatoms. The molecule has 0 saturated heterocycles. The van der Waals surface area contributed by atoms with Gasteiger partial charge in [-0.05, 0) is 12.5 Å². The van der Waals surface area contributed by atoms with Gasteiger partial charge in [0.05, 0.1) is 5.01 Å². The Labute approximate surface area is 174 Å². The average Bonchev–Trinajstić information content (AvgIpc) is 3.05. The molecule has 30 heavy (non-hydrogen) atoms. The Morgan fingerprint density at radius 3 is 2.00 bits per heavy atom. The van der Waals surface area contributed by atoms with Crippen LogP contribution in [-0.4, -0.2) is 23.0 Å². The minimum atomic E-state index is -5.05. The smallest absolute Gasteiger partial charge is 0.389 e. The van der Waals surface area contributed by atoms with Crippen LogP contribution in [-0.2, 0) is 9.59 Å². The number of anilines is 1. The summed E-state index contributed by atoms with van der Waals surface area (Å²) in [6, 6.07) is 16.0. The Morgan fingerprint density at radius 1 is 1.03 bits per heavy atom. The van der Waals surface area contributed by atoms with Crippen molar-refractivity contribution in [3.63, 3.8) is 0 Å². The topological polar surface area (TPSA) is 111 Å². The summed E-state index contributed by atoms with van der Waals surface area (Å²) >= 11 is 1.53. The first kappa shape index (κ1) is 22.9. The number of nitrogens with two attached hydrogens (primary N) is 2. The van der Waals surface area contributed by atoms with Gasteiger partial charge in [0.15, 0.2) is 0 Å². The minimum absolute atomic E-state index is 0.192. The summed E-state index contributed by atoms with van der Waals surface area (Å²) in [6.45, 7) is 1.97. The molecule has 3 rings (SSSR count). The van der Waals surface area contributed by atoms with Crippen LogP contribution in [0.2, 0.25) is 0 Å². The van der Waals surface area contributed by atoms with E-state index in [1.165, 1.54) is 40.9 Å². The lowest BCUT2D eigenvalue weighted by Gasteiger charge is -2.16. The van der Waals surface area contributed by atoms with Crippen molar-refractivity contribution >= 4 is 28.2 Å². The third-order valence-electron chi connectivity index (χ3n) is 3.76. The van der Waals surface area contributed by atoms with Gasteiger partial charge in [0.1, 0.15) is 16.7 Å². The first-order chi connectivity index (χ1) is 14.1. The summed E-state index contributed by atoms with van der Waals surface area (Å²) in [5, 5.41) is 3.34. The van der Waals surface area contributed by atoms with Crippen LogP contribution in [0.5, 0.6) is 0 Å². The summed E-state index contributed by atoms with van der Waals surface area (Å²) in [6.07, 6.45) is -5.05. The molecule has 5 N–H and O–H groups in total. The van der Waals surface area contributed by atoms with Gasteiger partial charge in [-0.1, -0.05) is 60.7 Å². The molecule has 158 valence electrons. The van der Waals surface area contributed by atoms with Gasteiger partial charge in [-0.2, -0.15) is 13.2 Å². The molecular formula is C20H19F3N4O2S. The molecule has 1 unspecified atom stereocenters. The number of amides is 2. The highest BCUT2D eigenvalue weighted by atomic mass is 32.1. The SMILES string of the molecule is Cc1nc(-c2ccccc2)c(N)s1.NC(=O)C(NC(=O)C(F)(F)F)c1ccccc1. The Kier molecular flexibility index (Phi) is 7.54. The normalized spacial score (nSPS) is 11.7. The molecule has 0 aliphatic heterocycles. The van der Waals surface area contributed by atoms with Crippen LogP contribution < -0.4 is 16.8 Å². The van der Waals surface area contributed by atoms with E-state index in [2.05, 4.69) is 4.98 Å². The zero-order valence-corrected chi connectivity index (χ0v) is 16.6. The number of benzene rings is 2. The number of aryl methyl sites for hydroxylation is 1. The summed E-state index contributed by atoms with van der Waals surface area (Å²) in [5.41, 5.74) is 13.0. The number of carbonyl (C=O) groups excluding carboxylic acids is 2. The first-order valence-corrected chi connectivity index (χ1v) is 9.41. The molecule has 1 heterocycles. The molecule has 0 radical (unpaired) electrons. The number of nitrogens with one attached hydrogen (secondary N) is 1. The largest absolute Gasteiger partial charge is 0.471 e. The number of primary amides is 1. The van der Waals surface area contributed by atoms with E-state index in [1.807, 2.05) is 37.3 Å². The van der Waals surface area contributed by atoms with Gasteiger partial charge < -0.3 is 16.8 Å². The summed E-state index contributed by atoms with van der Waals surface area (Å²) in [4.78, 5) is 26.1.